The molecule has 0 bridgehead atoms. The van der Waals surface area contributed by atoms with Crippen molar-refractivity contribution < 1.29 is 57.4 Å². The van der Waals surface area contributed by atoms with E-state index < -0.39 is 35.7 Å². The van der Waals surface area contributed by atoms with Crippen molar-refractivity contribution in [2.24, 2.45) is 0 Å². The maximum atomic E-state index is 6.69. The predicted molar refractivity (Wildman–Crippen MR) is 269 cm³/mol. The van der Waals surface area contributed by atoms with Crippen molar-refractivity contribution in [2.45, 2.75) is 0 Å². The van der Waals surface area contributed by atoms with E-state index in [1.54, 1.807) is 0 Å². The molecule has 9 aromatic carbocycles. The molecule has 0 radical (unpaired) electrons. The van der Waals surface area contributed by atoms with Gasteiger partial charge in [0.15, 0.2) is 0 Å². The molecule has 0 N–H and O–H groups in total. The molecule has 346 valence electrons. The fourth-order valence-electron chi connectivity index (χ4n) is 5.47. The third kappa shape index (κ3) is 18.8. The second kappa shape index (κ2) is 28.9. The van der Waals surface area contributed by atoms with E-state index in [9.17, 15) is 0 Å². The Labute approximate surface area is 423 Å². The van der Waals surface area contributed by atoms with Crippen LogP contribution < -0.4 is 36.4 Å². The summed E-state index contributed by atoms with van der Waals surface area (Å²) < 4.78 is 52.9. The van der Waals surface area contributed by atoms with Crippen LogP contribution in [-0.4, -0.2) is 18.5 Å². The molecule has 0 fully saturated rings. The minimum atomic E-state index is -4.36. The molecule has 0 unspecified atom stereocenters. The average Bonchev–Trinajstić information content (AvgIpc) is 3.37. The second-order valence-electron chi connectivity index (χ2n) is 13.6. The maximum absolute atomic E-state index is 6.69. The Morgan fingerprint density at radius 1 is 0.221 bits per heavy atom. The smallest absolute Gasteiger partial charge is 0.409 e. The van der Waals surface area contributed by atoms with Gasteiger partial charge in [0.05, 0.1) is 0 Å². The maximum Gasteiger partial charge on any atom is 0.530 e. The zero-order valence-electron chi connectivity index (χ0n) is 36.2. The number of hydrogen-bond acceptors (Lipinski definition) is 9. The Morgan fingerprint density at radius 3 is 0.500 bits per heavy atom. The standard InChI is InChI=1S/2C18H15O3P.3C6H6O.ClH.Pt.Sn/c2*1-4-10-16(11-5-1)19-22(20-17-12-6-2-7-13-17)21-18-14-8-3-9-15-18;3*7-6-4-2-1-3-5-6;;;/h2*1-15H;3*1-5,7H;1H;;/q;;;;;;;+4/p-4. The van der Waals surface area contributed by atoms with E-state index in [4.69, 9.17) is 45.3 Å². The zero-order valence-corrected chi connectivity index (χ0v) is 43.9. The first kappa shape index (κ1) is 51.2. The van der Waals surface area contributed by atoms with Crippen LogP contribution in [0.15, 0.2) is 273 Å². The molecule has 0 aliphatic carbocycles. The summed E-state index contributed by atoms with van der Waals surface area (Å²) in [5, 5.41) is 0. The largest absolute Gasteiger partial charge is 0.530 e. The van der Waals surface area contributed by atoms with Crippen molar-refractivity contribution in [2.75, 3.05) is 0 Å². The quantitative estimate of drug-likeness (QED) is 0.0616. The van der Waals surface area contributed by atoms with Crippen molar-refractivity contribution in [3.8, 4) is 51.7 Å². The molecule has 0 saturated carbocycles. The minimum absolute atomic E-state index is 0. The van der Waals surface area contributed by atoms with Crippen LogP contribution in [0.4, 0.5) is 0 Å². The molecule has 0 spiro atoms. The van der Waals surface area contributed by atoms with Gasteiger partial charge in [0.2, 0.25) is 0 Å². The number of para-hydroxylation sites is 9. The minimum Gasteiger partial charge on any atom is -0.409 e. The van der Waals surface area contributed by atoms with E-state index >= 15 is 0 Å². The van der Waals surface area contributed by atoms with E-state index in [0.29, 0.717) is 51.7 Å². The van der Waals surface area contributed by atoms with Crippen molar-refractivity contribution in [3.63, 3.8) is 0 Å². The number of hydrogen-bond donors (Lipinski definition) is 0. The predicted octanol–water partition coefficient (Wildman–Crippen LogP) is 15.8. The van der Waals surface area contributed by atoms with Crippen molar-refractivity contribution in [1.82, 2.24) is 0 Å². The third-order valence-corrected chi connectivity index (χ3v) is 16.3. The molecular weight excluding hydrogens is 1200 g/mol. The molecule has 0 aliphatic rings. The van der Waals surface area contributed by atoms with E-state index in [2.05, 4.69) is 0 Å². The zero-order chi connectivity index (χ0) is 46.0. The molecular formula is C54H45ClO9P2PtSn. The number of benzene rings is 9. The van der Waals surface area contributed by atoms with Crippen LogP contribution in [0.5, 0.6) is 51.7 Å². The van der Waals surface area contributed by atoms with Crippen LogP contribution >= 0.6 is 26.1 Å². The molecule has 0 saturated heterocycles. The van der Waals surface area contributed by atoms with Gasteiger partial charge in [-0.25, -0.2) is 0 Å². The molecule has 14 heteroatoms. The monoisotopic (exact) mass is 1250 g/mol. The summed E-state index contributed by atoms with van der Waals surface area (Å²) in [6, 6.07) is 85.0. The Morgan fingerprint density at radius 2 is 0.353 bits per heavy atom. The van der Waals surface area contributed by atoms with Crippen molar-refractivity contribution in [1.29, 1.82) is 0 Å². The Kier molecular flexibility index (Phi) is 21.7. The van der Waals surface area contributed by atoms with E-state index in [-0.39, 0.29) is 21.1 Å². The fraction of sp³-hybridized carbons (Fsp3) is 0. The molecule has 0 heterocycles. The molecule has 9 aromatic rings. The van der Waals surface area contributed by atoms with E-state index in [1.807, 2.05) is 273 Å². The number of rotatable bonds is 18. The van der Waals surface area contributed by atoms with Crippen molar-refractivity contribution >= 4 is 44.6 Å². The van der Waals surface area contributed by atoms with Gasteiger partial charge in [-0.3, -0.25) is 0 Å². The average molecular weight is 1250 g/mol. The molecule has 0 aliphatic heterocycles. The van der Waals surface area contributed by atoms with Gasteiger partial charge in [-0.1, -0.05) is 109 Å². The van der Waals surface area contributed by atoms with Gasteiger partial charge in [-0.2, -0.15) is 0 Å². The van der Waals surface area contributed by atoms with E-state index in [0.717, 1.165) is 0 Å². The molecule has 9 rings (SSSR count). The van der Waals surface area contributed by atoms with Gasteiger partial charge >= 0.3 is 162 Å². The third-order valence-electron chi connectivity index (χ3n) is 8.49. The first-order valence-corrected chi connectivity index (χ1v) is 30.2. The molecule has 9 nitrogen and oxygen atoms in total. The summed E-state index contributed by atoms with van der Waals surface area (Å²) in [6.07, 6.45) is 0. The van der Waals surface area contributed by atoms with E-state index in [1.165, 1.54) is 0 Å². The summed E-state index contributed by atoms with van der Waals surface area (Å²) in [4.78, 5) is 0. The van der Waals surface area contributed by atoms with Crippen LogP contribution in [0.3, 0.4) is 0 Å². The fourth-order valence-corrected chi connectivity index (χ4v) is 13.2. The topological polar surface area (TPSA) is 83.1 Å². The summed E-state index contributed by atoms with van der Waals surface area (Å²) in [5.74, 6) is 6.14. The van der Waals surface area contributed by atoms with Gasteiger partial charge in [0.1, 0.15) is 34.5 Å². The molecule has 0 aromatic heterocycles. The van der Waals surface area contributed by atoms with Crippen LogP contribution in [0.1, 0.15) is 0 Å². The Hall–Kier alpha value is -6.18. The summed E-state index contributed by atoms with van der Waals surface area (Å²) in [6.45, 7) is 0. The SMILES string of the molecule is [Cl][Sn]([O]c1ccccc1)([O]c1ccccc1)[O]c1ccccc1.[Pt].c1ccc(OP(Oc2ccccc2)Oc2ccccc2)cc1.c1ccc(OP(Oc2ccccc2)Oc2ccccc2)cc1. The van der Waals surface area contributed by atoms with Gasteiger partial charge in [0, 0.05) is 21.1 Å². The summed E-state index contributed by atoms with van der Waals surface area (Å²) in [7, 11) is 3.51. The normalized spacial score (nSPS) is 10.3. The van der Waals surface area contributed by atoms with Crippen LogP contribution in [-0.2, 0) is 21.1 Å². The summed E-state index contributed by atoms with van der Waals surface area (Å²) in [5.41, 5.74) is 0. The van der Waals surface area contributed by atoms with Gasteiger partial charge in [0.25, 0.3) is 0 Å². The number of halogens is 1. The summed E-state index contributed by atoms with van der Waals surface area (Å²) >= 11 is -4.36. The van der Waals surface area contributed by atoms with Crippen LogP contribution in [0, 0.1) is 0 Å². The van der Waals surface area contributed by atoms with Crippen LogP contribution in [0.2, 0.25) is 0 Å². The van der Waals surface area contributed by atoms with Crippen LogP contribution in [0.25, 0.3) is 0 Å². The first-order valence-electron chi connectivity index (χ1n) is 20.9. The molecule has 0 atom stereocenters. The molecule has 0 amide bonds. The van der Waals surface area contributed by atoms with Gasteiger partial charge < -0.3 is 27.1 Å². The van der Waals surface area contributed by atoms with Crippen molar-refractivity contribution in [3.05, 3.63) is 273 Å². The Bertz CT molecular complexity index is 2260. The first-order chi connectivity index (χ1) is 33.0. The van der Waals surface area contributed by atoms with Gasteiger partial charge in [-0.15, -0.1) is 0 Å². The molecule has 68 heavy (non-hydrogen) atoms. The Balaban J connectivity index is 0.000000167. The second-order valence-corrected chi connectivity index (χ2v) is 23.2. The van der Waals surface area contributed by atoms with Gasteiger partial charge in [-0.05, 0) is 72.8 Å².